The van der Waals surface area contributed by atoms with Gasteiger partial charge in [0, 0.05) is 6.54 Å². The summed E-state index contributed by atoms with van der Waals surface area (Å²) in [6.07, 6.45) is 6.38. The van der Waals surface area contributed by atoms with Crippen molar-refractivity contribution in [2.45, 2.75) is 31.3 Å². The summed E-state index contributed by atoms with van der Waals surface area (Å²) >= 11 is 0. The molecule has 0 radical (unpaired) electrons. The van der Waals surface area contributed by atoms with Crippen LogP contribution in [-0.2, 0) is 0 Å². The third-order valence-corrected chi connectivity index (χ3v) is 3.96. The van der Waals surface area contributed by atoms with Gasteiger partial charge in [-0.2, -0.15) is 0 Å². The highest BCUT2D eigenvalue weighted by Gasteiger charge is 2.54. The van der Waals surface area contributed by atoms with Crippen LogP contribution in [0.25, 0.3) is 0 Å². The summed E-state index contributed by atoms with van der Waals surface area (Å²) in [7, 11) is 2.07. The van der Waals surface area contributed by atoms with Crippen LogP contribution in [-0.4, -0.2) is 25.2 Å². The lowest BCUT2D eigenvalue weighted by atomic mass is 9.78. The Morgan fingerprint density at radius 2 is 2.33 bits per heavy atom. The third-order valence-electron chi connectivity index (χ3n) is 3.96. The fourth-order valence-corrected chi connectivity index (χ4v) is 2.86. The minimum Gasteiger partial charge on any atom is -0.470 e. The first-order chi connectivity index (χ1) is 7.24. The lowest BCUT2D eigenvalue weighted by Gasteiger charge is -2.57. The lowest BCUT2D eigenvalue weighted by molar-refractivity contribution is 0.190. The molecule has 2 heterocycles. The molecule has 1 saturated heterocycles. The summed E-state index contributed by atoms with van der Waals surface area (Å²) < 4.78 is 5.16. The van der Waals surface area contributed by atoms with Crippen LogP contribution in [0.15, 0.2) is 23.0 Å². The number of hydrogen-bond acceptors (Lipinski definition) is 3. The van der Waals surface area contributed by atoms with Gasteiger partial charge in [0.25, 0.3) is 0 Å². The summed E-state index contributed by atoms with van der Waals surface area (Å²) in [5.74, 6) is 0.881. The van der Waals surface area contributed by atoms with E-state index < -0.39 is 0 Å². The summed E-state index contributed by atoms with van der Waals surface area (Å²) in [5.41, 5.74) is 1.53. The molecule has 0 aromatic carbocycles. The molecule has 1 N–H and O–H groups in total. The molecule has 3 heteroatoms. The van der Waals surface area contributed by atoms with Gasteiger partial charge >= 0.3 is 0 Å². The van der Waals surface area contributed by atoms with Crippen molar-refractivity contribution in [2.75, 3.05) is 18.5 Å². The smallest absolute Gasteiger partial charge is 0.114 e. The number of likely N-dealkylation sites (N-methyl/N-ethyl adjacent to an activating group) is 1. The van der Waals surface area contributed by atoms with Crippen LogP contribution in [0.3, 0.4) is 0 Å². The minimum absolute atomic E-state index is 0.290. The number of furan rings is 1. The summed E-state index contributed by atoms with van der Waals surface area (Å²) in [6.45, 7) is 3.41. The molecule has 3 rings (SSSR count). The van der Waals surface area contributed by atoms with Gasteiger partial charge in [-0.1, -0.05) is 0 Å². The van der Waals surface area contributed by atoms with Crippen molar-refractivity contribution < 1.29 is 4.42 Å². The first-order valence-corrected chi connectivity index (χ1v) is 5.72. The van der Waals surface area contributed by atoms with E-state index in [2.05, 4.69) is 30.3 Å². The number of nitrogens with one attached hydrogen (secondary N) is 1. The second-order valence-corrected chi connectivity index (χ2v) is 5.06. The van der Waals surface area contributed by atoms with Crippen LogP contribution in [0, 0.1) is 5.92 Å². The molecule has 1 saturated carbocycles. The van der Waals surface area contributed by atoms with E-state index in [1.165, 1.54) is 18.5 Å². The van der Waals surface area contributed by atoms with E-state index in [1.807, 2.05) is 6.26 Å². The maximum Gasteiger partial charge on any atom is 0.114 e. The molecule has 1 aromatic rings. The molecule has 2 fully saturated rings. The zero-order valence-electron chi connectivity index (χ0n) is 9.36. The Morgan fingerprint density at radius 1 is 1.53 bits per heavy atom. The van der Waals surface area contributed by atoms with Crippen molar-refractivity contribution in [2.24, 2.45) is 5.92 Å². The molecule has 1 aliphatic heterocycles. The van der Waals surface area contributed by atoms with Crippen LogP contribution in [0.1, 0.15) is 19.8 Å². The lowest BCUT2D eigenvalue weighted by Crippen LogP contribution is -2.74. The van der Waals surface area contributed by atoms with Crippen molar-refractivity contribution in [3.63, 3.8) is 0 Å². The highest BCUT2D eigenvalue weighted by molar-refractivity contribution is 5.51. The molecule has 1 aliphatic carbocycles. The molecule has 0 spiro atoms. The molecule has 0 amide bonds. The van der Waals surface area contributed by atoms with Gasteiger partial charge in [-0.05, 0) is 38.8 Å². The van der Waals surface area contributed by atoms with Crippen LogP contribution < -0.4 is 10.2 Å². The van der Waals surface area contributed by atoms with Crippen LogP contribution in [0.2, 0.25) is 0 Å². The fraction of sp³-hybridized carbons (Fsp3) is 0.667. The monoisotopic (exact) mass is 206 g/mol. The number of rotatable bonds is 3. The molecule has 1 aromatic heterocycles. The average Bonchev–Trinajstić information content (AvgIpc) is 2.87. The Kier molecular flexibility index (Phi) is 1.87. The van der Waals surface area contributed by atoms with Gasteiger partial charge in [0.2, 0.25) is 0 Å². The van der Waals surface area contributed by atoms with Gasteiger partial charge in [0.1, 0.15) is 6.26 Å². The van der Waals surface area contributed by atoms with E-state index in [0.717, 1.165) is 12.5 Å². The Morgan fingerprint density at radius 3 is 2.87 bits per heavy atom. The van der Waals surface area contributed by atoms with Gasteiger partial charge in [-0.3, -0.25) is 0 Å². The number of anilines is 1. The van der Waals surface area contributed by atoms with Crippen LogP contribution in [0.5, 0.6) is 0 Å². The van der Waals surface area contributed by atoms with Gasteiger partial charge < -0.3 is 14.6 Å². The zero-order valence-corrected chi connectivity index (χ0v) is 9.36. The zero-order chi connectivity index (χ0) is 10.5. The summed E-state index contributed by atoms with van der Waals surface area (Å²) in [4.78, 5) is 2.47. The van der Waals surface area contributed by atoms with E-state index in [4.69, 9.17) is 4.42 Å². The molecule has 2 aliphatic rings. The molecular weight excluding hydrogens is 188 g/mol. The predicted octanol–water partition coefficient (Wildman–Crippen LogP) is 1.86. The van der Waals surface area contributed by atoms with Crippen LogP contribution >= 0.6 is 0 Å². The molecule has 2 atom stereocenters. The molecule has 82 valence electrons. The molecule has 2 unspecified atom stereocenters. The Bertz CT molecular complexity index is 345. The molecule has 0 bridgehead atoms. The number of hydrogen-bond donors (Lipinski definition) is 1. The van der Waals surface area contributed by atoms with Crippen molar-refractivity contribution in [1.82, 2.24) is 5.32 Å². The van der Waals surface area contributed by atoms with Gasteiger partial charge in [-0.25, -0.2) is 0 Å². The average molecular weight is 206 g/mol. The predicted molar refractivity (Wildman–Crippen MR) is 60.0 cm³/mol. The van der Waals surface area contributed by atoms with Crippen molar-refractivity contribution in [3.05, 3.63) is 18.6 Å². The Balaban J connectivity index is 1.82. The fourth-order valence-electron chi connectivity index (χ4n) is 2.86. The first kappa shape index (κ1) is 9.28. The maximum atomic E-state index is 5.16. The first-order valence-electron chi connectivity index (χ1n) is 5.72. The van der Waals surface area contributed by atoms with Crippen molar-refractivity contribution in [3.8, 4) is 0 Å². The topological polar surface area (TPSA) is 28.4 Å². The minimum atomic E-state index is 0.290. The highest BCUT2D eigenvalue weighted by atomic mass is 16.3. The van der Waals surface area contributed by atoms with Gasteiger partial charge in [0.15, 0.2) is 0 Å². The molecule has 3 nitrogen and oxygen atoms in total. The van der Waals surface area contributed by atoms with Crippen molar-refractivity contribution >= 4 is 5.69 Å². The van der Waals surface area contributed by atoms with Gasteiger partial charge in [0.05, 0.1) is 23.5 Å². The van der Waals surface area contributed by atoms with E-state index in [9.17, 15) is 0 Å². The Hall–Kier alpha value is -0.960. The molecular formula is C12H18N2O. The van der Waals surface area contributed by atoms with Crippen molar-refractivity contribution in [1.29, 1.82) is 0 Å². The normalized spacial score (nSPS) is 35.3. The third kappa shape index (κ3) is 1.29. The van der Waals surface area contributed by atoms with E-state index in [-0.39, 0.29) is 0 Å². The standard InChI is InChI=1S/C12H18N2O/c1-12(13-2)8-14(10-5-6-15-7-10)11(12)9-3-4-9/h5-7,9,11,13H,3-4,8H2,1-2H3. The highest BCUT2D eigenvalue weighted by Crippen LogP contribution is 2.47. The van der Waals surface area contributed by atoms with Crippen LogP contribution in [0.4, 0.5) is 5.69 Å². The SMILES string of the molecule is CNC1(C)CN(c2ccoc2)C1C1CC1. The summed E-state index contributed by atoms with van der Waals surface area (Å²) in [6, 6.07) is 2.71. The number of nitrogens with zero attached hydrogens (tertiary/aromatic N) is 1. The summed E-state index contributed by atoms with van der Waals surface area (Å²) in [5, 5.41) is 3.47. The second-order valence-electron chi connectivity index (χ2n) is 5.06. The molecule has 15 heavy (non-hydrogen) atoms. The van der Waals surface area contributed by atoms with E-state index in [1.54, 1.807) is 6.26 Å². The maximum absolute atomic E-state index is 5.16. The largest absolute Gasteiger partial charge is 0.470 e. The van der Waals surface area contributed by atoms with E-state index in [0.29, 0.717) is 11.6 Å². The Labute approximate surface area is 90.4 Å². The quantitative estimate of drug-likeness (QED) is 0.818. The van der Waals surface area contributed by atoms with Gasteiger partial charge in [-0.15, -0.1) is 0 Å². The van der Waals surface area contributed by atoms with E-state index >= 15 is 0 Å². The second kappa shape index (κ2) is 3.01.